The van der Waals surface area contributed by atoms with E-state index in [0.717, 1.165) is 0 Å². The van der Waals surface area contributed by atoms with Gasteiger partial charge in [0.25, 0.3) is 0 Å². The van der Waals surface area contributed by atoms with Crippen LogP contribution < -0.4 is 5.32 Å². The van der Waals surface area contributed by atoms with Crippen molar-refractivity contribution in [3.8, 4) is 0 Å². The minimum absolute atomic E-state index is 0.00909. The number of aromatic carboxylic acids is 1. The van der Waals surface area contributed by atoms with Crippen LogP contribution in [-0.2, 0) is 10.8 Å². The summed E-state index contributed by atoms with van der Waals surface area (Å²) in [4.78, 5) is 25.0. The molecule has 0 aromatic heterocycles. The van der Waals surface area contributed by atoms with Crippen LogP contribution in [0, 0.1) is 0 Å². The third-order valence-electron chi connectivity index (χ3n) is 2.98. The number of nitrogens with zero attached hydrogens (tertiary/aromatic N) is 1. The van der Waals surface area contributed by atoms with E-state index < -0.39 is 22.8 Å². The van der Waals surface area contributed by atoms with E-state index in [9.17, 15) is 18.9 Å². The molecule has 114 valence electrons. The molecular weight excluding hydrogens is 428 g/mol. The molecule has 1 fully saturated rings. The van der Waals surface area contributed by atoms with E-state index in [1.54, 1.807) is 6.07 Å². The quantitative estimate of drug-likeness (QED) is 0.741. The second-order valence-corrected chi connectivity index (χ2v) is 7.85. The van der Waals surface area contributed by atoms with Crippen LogP contribution in [0.15, 0.2) is 21.1 Å². The van der Waals surface area contributed by atoms with Gasteiger partial charge in [-0.3, -0.25) is 4.21 Å². The zero-order chi connectivity index (χ0) is 15.6. The van der Waals surface area contributed by atoms with Crippen molar-refractivity contribution in [1.82, 2.24) is 4.90 Å². The average Bonchev–Trinajstić information content (AvgIpc) is 2.41. The highest BCUT2D eigenvalue weighted by Crippen LogP contribution is 2.31. The summed E-state index contributed by atoms with van der Waals surface area (Å²) in [6.45, 7) is 0.796. The number of carbonyl (C=O) groups excluding carboxylic acids is 1. The number of rotatable bonds is 2. The lowest BCUT2D eigenvalue weighted by molar-refractivity contribution is 0.0698. The van der Waals surface area contributed by atoms with Gasteiger partial charge in [-0.25, -0.2) is 9.59 Å². The molecule has 6 nitrogen and oxygen atoms in total. The summed E-state index contributed by atoms with van der Waals surface area (Å²) in [7, 11) is -0.874. The third kappa shape index (κ3) is 4.04. The number of halogens is 2. The molecule has 1 aliphatic rings. The van der Waals surface area contributed by atoms with Crippen molar-refractivity contribution in [1.29, 1.82) is 0 Å². The lowest BCUT2D eigenvalue weighted by atomic mass is 10.2. The predicted octanol–water partition coefficient (Wildman–Crippen LogP) is 2.51. The number of carboxylic acid groups (broad SMARTS) is 1. The molecule has 0 unspecified atom stereocenters. The maximum atomic E-state index is 12.2. The Morgan fingerprint density at radius 3 is 2.43 bits per heavy atom. The van der Waals surface area contributed by atoms with Crippen LogP contribution in [-0.4, -0.2) is 50.8 Å². The Morgan fingerprint density at radius 2 is 1.86 bits per heavy atom. The Bertz CT molecular complexity index is 614. The molecule has 2 N–H and O–H groups in total. The largest absolute Gasteiger partial charge is 0.478 e. The Labute approximate surface area is 140 Å². The number of nitrogens with one attached hydrogen (secondary N) is 1. The van der Waals surface area contributed by atoms with Crippen LogP contribution in [0.3, 0.4) is 0 Å². The van der Waals surface area contributed by atoms with Crippen molar-refractivity contribution in [3.05, 3.63) is 26.6 Å². The monoisotopic (exact) mass is 438 g/mol. The van der Waals surface area contributed by atoms with Crippen molar-refractivity contribution in [2.45, 2.75) is 0 Å². The second kappa shape index (κ2) is 6.89. The van der Waals surface area contributed by atoms with Gasteiger partial charge in [-0.15, -0.1) is 0 Å². The van der Waals surface area contributed by atoms with Gasteiger partial charge in [0.05, 0.1) is 11.3 Å². The number of hydrogen-bond donors (Lipinski definition) is 2. The van der Waals surface area contributed by atoms with Crippen molar-refractivity contribution >= 4 is 60.3 Å². The lowest BCUT2D eigenvalue weighted by Gasteiger charge is -2.27. The van der Waals surface area contributed by atoms with E-state index >= 15 is 0 Å². The Hall–Kier alpha value is -0.930. The Morgan fingerprint density at radius 1 is 1.24 bits per heavy atom. The summed E-state index contributed by atoms with van der Waals surface area (Å²) < 4.78 is 12.4. The summed E-state index contributed by atoms with van der Waals surface area (Å²) >= 11 is 6.47. The summed E-state index contributed by atoms with van der Waals surface area (Å²) in [6, 6.07) is 2.69. The molecule has 1 saturated heterocycles. The van der Waals surface area contributed by atoms with Gasteiger partial charge in [-0.05, 0) is 28.1 Å². The number of carboxylic acids is 1. The minimum atomic E-state index is -1.13. The smallest absolute Gasteiger partial charge is 0.337 e. The zero-order valence-corrected chi connectivity index (χ0v) is 14.8. The molecule has 0 spiro atoms. The van der Waals surface area contributed by atoms with E-state index in [1.165, 1.54) is 11.0 Å². The number of urea groups is 1. The van der Waals surface area contributed by atoms with Gasteiger partial charge in [-0.2, -0.15) is 0 Å². The molecule has 21 heavy (non-hydrogen) atoms. The summed E-state index contributed by atoms with van der Waals surface area (Å²) in [5.74, 6) is -0.242. The molecule has 1 aromatic carbocycles. The molecule has 9 heteroatoms. The van der Waals surface area contributed by atoms with Crippen molar-refractivity contribution < 1.29 is 18.9 Å². The average molecular weight is 440 g/mol. The number of carbonyl (C=O) groups is 2. The highest BCUT2D eigenvalue weighted by atomic mass is 79.9. The van der Waals surface area contributed by atoms with Gasteiger partial charge in [0, 0.05) is 44.3 Å². The summed E-state index contributed by atoms with van der Waals surface area (Å²) in [5.41, 5.74) is 0.201. The molecular formula is C12H12Br2N2O4S. The van der Waals surface area contributed by atoms with Gasteiger partial charge < -0.3 is 15.3 Å². The van der Waals surface area contributed by atoms with Gasteiger partial charge >= 0.3 is 12.0 Å². The molecule has 0 saturated carbocycles. The number of hydrogen-bond acceptors (Lipinski definition) is 3. The first-order valence-corrected chi connectivity index (χ1v) is 9.09. The Kier molecular flexibility index (Phi) is 5.39. The SMILES string of the molecule is O=C(O)c1cc(Br)cc(Br)c1NC(=O)N1CCS(=O)CC1. The van der Waals surface area contributed by atoms with E-state index in [1.807, 2.05) is 0 Å². The van der Waals surface area contributed by atoms with Crippen molar-refractivity contribution in [2.24, 2.45) is 0 Å². The van der Waals surface area contributed by atoms with E-state index in [0.29, 0.717) is 33.5 Å². The first-order chi connectivity index (χ1) is 9.88. The molecule has 0 aliphatic carbocycles. The maximum Gasteiger partial charge on any atom is 0.337 e. The van der Waals surface area contributed by atoms with Gasteiger partial charge in [0.1, 0.15) is 0 Å². The third-order valence-corrected chi connectivity index (χ3v) is 5.34. The minimum Gasteiger partial charge on any atom is -0.478 e. The highest BCUT2D eigenvalue weighted by Gasteiger charge is 2.23. The molecule has 1 heterocycles. The predicted molar refractivity (Wildman–Crippen MR) is 87.3 cm³/mol. The fourth-order valence-corrected chi connectivity index (χ4v) is 4.27. The fraction of sp³-hybridized carbons (Fsp3) is 0.333. The van der Waals surface area contributed by atoms with Crippen LogP contribution in [0.2, 0.25) is 0 Å². The van der Waals surface area contributed by atoms with E-state index in [-0.39, 0.29) is 11.3 Å². The van der Waals surface area contributed by atoms with Crippen LogP contribution in [0.1, 0.15) is 10.4 Å². The van der Waals surface area contributed by atoms with Gasteiger partial charge in [0.15, 0.2) is 0 Å². The Balaban J connectivity index is 2.21. The number of anilines is 1. The first kappa shape index (κ1) is 16.4. The number of benzene rings is 1. The molecule has 1 aromatic rings. The van der Waals surface area contributed by atoms with E-state index in [4.69, 9.17) is 0 Å². The highest BCUT2D eigenvalue weighted by molar-refractivity contribution is 9.11. The summed E-state index contributed by atoms with van der Waals surface area (Å²) in [6.07, 6.45) is 0. The second-order valence-electron chi connectivity index (χ2n) is 4.38. The van der Waals surface area contributed by atoms with Crippen LogP contribution in [0.4, 0.5) is 10.5 Å². The van der Waals surface area contributed by atoms with Crippen molar-refractivity contribution in [2.75, 3.05) is 29.9 Å². The zero-order valence-electron chi connectivity index (χ0n) is 10.8. The van der Waals surface area contributed by atoms with E-state index in [2.05, 4.69) is 37.2 Å². The topological polar surface area (TPSA) is 86.7 Å². The van der Waals surface area contributed by atoms with Crippen molar-refractivity contribution in [3.63, 3.8) is 0 Å². The molecule has 1 aliphatic heterocycles. The molecule has 0 atom stereocenters. The fourth-order valence-electron chi connectivity index (χ4n) is 1.90. The number of amides is 2. The summed E-state index contributed by atoms with van der Waals surface area (Å²) in [5, 5.41) is 11.8. The molecule has 0 radical (unpaired) electrons. The molecule has 0 bridgehead atoms. The molecule has 2 rings (SSSR count). The lowest BCUT2D eigenvalue weighted by Crippen LogP contribution is -2.44. The first-order valence-electron chi connectivity index (χ1n) is 6.01. The van der Waals surface area contributed by atoms with Crippen LogP contribution in [0.5, 0.6) is 0 Å². The van der Waals surface area contributed by atoms with Crippen LogP contribution in [0.25, 0.3) is 0 Å². The van der Waals surface area contributed by atoms with Gasteiger partial charge in [0.2, 0.25) is 0 Å². The maximum absolute atomic E-state index is 12.2. The standard InChI is InChI=1S/C12H12Br2N2O4S/c13-7-5-8(11(17)18)10(9(14)6-7)15-12(19)16-1-3-21(20)4-2-16/h5-6H,1-4H2,(H,15,19)(H,17,18). The molecule has 2 amide bonds. The van der Waals surface area contributed by atoms with Gasteiger partial charge in [-0.1, -0.05) is 15.9 Å². The van der Waals surface area contributed by atoms with Crippen LogP contribution >= 0.6 is 31.9 Å². The normalized spacial score (nSPS) is 15.8.